The minimum Gasteiger partial charge on any atom is -0.330 e. The Morgan fingerprint density at radius 2 is 2.12 bits per heavy atom. The summed E-state index contributed by atoms with van der Waals surface area (Å²) < 4.78 is 2.14. The highest BCUT2D eigenvalue weighted by Gasteiger charge is 2.08. The number of benzene rings is 1. The van der Waals surface area contributed by atoms with E-state index in [1.54, 1.807) is 0 Å². The van der Waals surface area contributed by atoms with Crippen molar-refractivity contribution in [2.24, 2.45) is 12.8 Å². The quantitative estimate of drug-likeness (QED) is 0.831. The van der Waals surface area contributed by atoms with Crippen LogP contribution in [0.15, 0.2) is 24.3 Å². The van der Waals surface area contributed by atoms with Gasteiger partial charge in [0.2, 0.25) is 0 Å². The lowest BCUT2D eigenvalue weighted by Crippen LogP contribution is -2.26. The van der Waals surface area contributed by atoms with Crippen molar-refractivity contribution in [3.05, 3.63) is 30.1 Å². The third-order valence-corrected chi connectivity index (χ3v) is 2.80. The van der Waals surface area contributed by atoms with Crippen LogP contribution in [0.25, 0.3) is 11.0 Å². The summed E-state index contributed by atoms with van der Waals surface area (Å²) in [6.07, 6.45) is 0. The van der Waals surface area contributed by atoms with Crippen LogP contribution in [0.4, 0.5) is 0 Å². The van der Waals surface area contributed by atoms with Crippen molar-refractivity contribution >= 4 is 11.0 Å². The van der Waals surface area contributed by atoms with Gasteiger partial charge < -0.3 is 10.3 Å². The normalized spacial score (nSPS) is 11.5. The van der Waals surface area contributed by atoms with Crippen molar-refractivity contribution in [1.29, 1.82) is 0 Å². The van der Waals surface area contributed by atoms with Crippen LogP contribution >= 0.6 is 0 Å². The Balaban J connectivity index is 2.27. The number of nitrogens with zero attached hydrogens (tertiary/aromatic N) is 3. The second-order valence-corrected chi connectivity index (χ2v) is 4.10. The lowest BCUT2D eigenvalue weighted by Gasteiger charge is -2.14. The molecule has 0 spiro atoms. The molecule has 2 N–H and O–H groups in total. The maximum atomic E-state index is 5.53. The minimum absolute atomic E-state index is 0.681. The monoisotopic (exact) mass is 218 g/mol. The molecule has 0 amide bonds. The molecule has 0 atom stereocenters. The van der Waals surface area contributed by atoms with Gasteiger partial charge in [0, 0.05) is 20.1 Å². The van der Waals surface area contributed by atoms with Gasteiger partial charge in [0.1, 0.15) is 5.82 Å². The molecule has 0 radical (unpaired) electrons. The molecule has 2 aromatic rings. The molecular formula is C12H18N4. The molecule has 0 aliphatic heterocycles. The number of nitrogens with two attached hydrogens (primary N) is 1. The van der Waals surface area contributed by atoms with Gasteiger partial charge in [0.25, 0.3) is 0 Å². The zero-order valence-corrected chi connectivity index (χ0v) is 9.85. The molecule has 0 aliphatic carbocycles. The first-order chi connectivity index (χ1) is 7.72. The Labute approximate surface area is 95.7 Å². The number of imidazole rings is 1. The van der Waals surface area contributed by atoms with Crippen molar-refractivity contribution in [3.8, 4) is 0 Å². The summed E-state index contributed by atoms with van der Waals surface area (Å²) in [4.78, 5) is 6.80. The first kappa shape index (κ1) is 11.1. The number of para-hydroxylation sites is 2. The molecule has 0 saturated heterocycles. The average molecular weight is 218 g/mol. The Kier molecular flexibility index (Phi) is 3.22. The fourth-order valence-electron chi connectivity index (χ4n) is 1.88. The van der Waals surface area contributed by atoms with Crippen molar-refractivity contribution in [1.82, 2.24) is 14.5 Å². The van der Waals surface area contributed by atoms with E-state index in [9.17, 15) is 0 Å². The van der Waals surface area contributed by atoms with E-state index in [1.807, 2.05) is 18.2 Å². The second kappa shape index (κ2) is 4.63. The summed E-state index contributed by atoms with van der Waals surface area (Å²) in [6, 6.07) is 8.19. The van der Waals surface area contributed by atoms with Crippen LogP contribution in [0.1, 0.15) is 5.82 Å². The maximum absolute atomic E-state index is 5.53. The molecule has 0 bridgehead atoms. The molecule has 1 aromatic heterocycles. The van der Waals surface area contributed by atoms with Crippen LogP contribution in [-0.4, -0.2) is 34.6 Å². The zero-order chi connectivity index (χ0) is 11.5. The summed E-state index contributed by atoms with van der Waals surface area (Å²) in [5, 5.41) is 0. The average Bonchev–Trinajstić information content (AvgIpc) is 2.57. The van der Waals surface area contributed by atoms with Gasteiger partial charge in [0.05, 0.1) is 17.6 Å². The highest BCUT2D eigenvalue weighted by atomic mass is 15.2. The number of aromatic nitrogens is 2. The number of rotatable bonds is 4. The standard InChI is InChI=1S/C12H18N4/c1-15(8-7-13)9-12-14-10-5-3-4-6-11(10)16(12)2/h3-6H,7-9,13H2,1-2H3. The number of hydrogen-bond acceptors (Lipinski definition) is 3. The van der Waals surface area contributed by atoms with E-state index in [-0.39, 0.29) is 0 Å². The summed E-state index contributed by atoms with van der Waals surface area (Å²) in [6.45, 7) is 2.41. The smallest absolute Gasteiger partial charge is 0.123 e. The van der Waals surface area contributed by atoms with Crippen molar-refractivity contribution in [3.63, 3.8) is 0 Å². The van der Waals surface area contributed by atoms with E-state index in [0.717, 1.165) is 24.4 Å². The van der Waals surface area contributed by atoms with Crippen molar-refractivity contribution in [2.75, 3.05) is 20.1 Å². The number of likely N-dealkylation sites (N-methyl/N-ethyl adjacent to an activating group) is 1. The summed E-state index contributed by atoms with van der Waals surface area (Å²) in [5.74, 6) is 1.08. The third-order valence-electron chi connectivity index (χ3n) is 2.80. The summed E-state index contributed by atoms with van der Waals surface area (Å²) in [5.41, 5.74) is 7.76. The lowest BCUT2D eigenvalue weighted by atomic mass is 10.3. The lowest BCUT2D eigenvalue weighted by molar-refractivity contribution is 0.324. The van der Waals surface area contributed by atoms with Crippen molar-refractivity contribution < 1.29 is 0 Å². The van der Waals surface area contributed by atoms with Crippen LogP contribution < -0.4 is 5.73 Å². The fourth-order valence-corrected chi connectivity index (χ4v) is 1.88. The molecule has 86 valence electrons. The predicted molar refractivity (Wildman–Crippen MR) is 66.1 cm³/mol. The van der Waals surface area contributed by atoms with Gasteiger partial charge in [-0.05, 0) is 19.2 Å². The number of aryl methyl sites for hydroxylation is 1. The summed E-state index contributed by atoms with van der Waals surface area (Å²) in [7, 11) is 4.12. The molecule has 4 nitrogen and oxygen atoms in total. The Morgan fingerprint density at radius 1 is 1.38 bits per heavy atom. The van der Waals surface area contributed by atoms with E-state index in [0.29, 0.717) is 6.54 Å². The SMILES string of the molecule is CN(CCN)Cc1nc2ccccc2n1C. The van der Waals surface area contributed by atoms with E-state index >= 15 is 0 Å². The highest BCUT2D eigenvalue weighted by Crippen LogP contribution is 2.14. The molecular weight excluding hydrogens is 200 g/mol. The Hall–Kier alpha value is -1.39. The van der Waals surface area contributed by atoms with E-state index in [2.05, 4.69) is 34.6 Å². The molecule has 4 heteroatoms. The zero-order valence-electron chi connectivity index (χ0n) is 9.85. The van der Waals surface area contributed by atoms with E-state index < -0.39 is 0 Å². The van der Waals surface area contributed by atoms with Crippen LogP contribution in [0.2, 0.25) is 0 Å². The summed E-state index contributed by atoms with van der Waals surface area (Å²) >= 11 is 0. The highest BCUT2D eigenvalue weighted by molar-refractivity contribution is 5.75. The van der Waals surface area contributed by atoms with Crippen LogP contribution in [0, 0.1) is 0 Å². The molecule has 1 heterocycles. The van der Waals surface area contributed by atoms with Gasteiger partial charge in [0.15, 0.2) is 0 Å². The van der Waals surface area contributed by atoms with Gasteiger partial charge in [-0.15, -0.1) is 0 Å². The topological polar surface area (TPSA) is 47.1 Å². The predicted octanol–water partition coefficient (Wildman–Crippen LogP) is 0.964. The van der Waals surface area contributed by atoms with E-state index in [4.69, 9.17) is 5.73 Å². The Morgan fingerprint density at radius 3 is 2.81 bits per heavy atom. The fraction of sp³-hybridized carbons (Fsp3) is 0.417. The largest absolute Gasteiger partial charge is 0.330 e. The minimum atomic E-state index is 0.681. The van der Waals surface area contributed by atoms with Crippen LogP contribution in [0.3, 0.4) is 0 Å². The van der Waals surface area contributed by atoms with Crippen molar-refractivity contribution in [2.45, 2.75) is 6.54 Å². The second-order valence-electron chi connectivity index (χ2n) is 4.10. The van der Waals surface area contributed by atoms with E-state index in [1.165, 1.54) is 5.52 Å². The number of fused-ring (bicyclic) bond motifs is 1. The first-order valence-corrected chi connectivity index (χ1v) is 5.51. The molecule has 16 heavy (non-hydrogen) atoms. The molecule has 0 fully saturated rings. The maximum Gasteiger partial charge on any atom is 0.123 e. The third kappa shape index (κ3) is 2.08. The van der Waals surface area contributed by atoms with Crippen LogP contribution in [0.5, 0.6) is 0 Å². The molecule has 0 unspecified atom stereocenters. The number of hydrogen-bond donors (Lipinski definition) is 1. The van der Waals surface area contributed by atoms with Gasteiger partial charge in [-0.2, -0.15) is 0 Å². The van der Waals surface area contributed by atoms with Crippen LogP contribution in [-0.2, 0) is 13.6 Å². The first-order valence-electron chi connectivity index (χ1n) is 5.51. The molecule has 1 aromatic carbocycles. The molecule has 0 aliphatic rings. The van der Waals surface area contributed by atoms with Gasteiger partial charge in [-0.1, -0.05) is 12.1 Å². The van der Waals surface area contributed by atoms with Gasteiger partial charge in [-0.3, -0.25) is 4.90 Å². The Bertz CT molecular complexity index is 475. The van der Waals surface area contributed by atoms with Gasteiger partial charge in [-0.25, -0.2) is 4.98 Å². The molecule has 0 saturated carbocycles. The van der Waals surface area contributed by atoms with Gasteiger partial charge >= 0.3 is 0 Å². The molecule has 2 rings (SSSR count).